The fourth-order valence-electron chi connectivity index (χ4n) is 4.08. The molecule has 0 fully saturated rings. The van der Waals surface area contributed by atoms with E-state index in [0.717, 1.165) is 17.6 Å². The second-order valence-corrected chi connectivity index (χ2v) is 10.6. The van der Waals surface area contributed by atoms with Gasteiger partial charge in [0, 0.05) is 20.6 Å². The maximum atomic E-state index is 13.1. The molecular formula is C25H29N5O4S. The number of aromatic nitrogens is 4. The van der Waals surface area contributed by atoms with Crippen molar-refractivity contribution in [1.82, 2.24) is 23.6 Å². The molecule has 0 spiro atoms. The van der Waals surface area contributed by atoms with Crippen molar-refractivity contribution in [3.8, 4) is 5.69 Å². The third-order valence-corrected chi connectivity index (χ3v) is 7.66. The van der Waals surface area contributed by atoms with E-state index in [9.17, 15) is 13.2 Å². The Morgan fingerprint density at radius 2 is 1.80 bits per heavy atom. The molecule has 2 aromatic carbocycles. The molecule has 35 heavy (non-hydrogen) atoms. The van der Waals surface area contributed by atoms with Gasteiger partial charge in [0.2, 0.25) is 10.0 Å². The molecule has 0 amide bonds. The summed E-state index contributed by atoms with van der Waals surface area (Å²) < 4.78 is 35.6. The van der Waals surface area contributed by atoms with Crippen molar-refractivity contribution in [2.75, 3.05) is 14.1 Å². The van der Waals surface area contributed by atoms with Gasteiger partial charge in [0.05, 0.1) is 33.0 Å². The van der Waals surface area contributed by atoms with Crippen LogP contribution < -0.4 is 0 Å². The molecule has 184 valence electrons. The number of sulfonamides is 1. The van der Waals surface area contributed by atoms with Gasteiger partial charge in [-0.3, -0.25) is 0 Å². The first-order valence-corrected chi connectivity index (χ1v) is 12.8. The van der Waals surface area contributed by atoms with Crippen LogP contribution in [0.25, 0.3) is 16.7 Å². The number of esters is 1. The Morgan fingerprint density at radius 3 is 2.46 bits per heavy atom. The molecule has 4 rings (SSSR count). The van der Waals surface area contributed by atoms with Gasteiger partial charge in [-0.05, 0) is 50.6 Å². The van der Waals surface area contributed by atoms with Gasteiger partial charge in [0.25, 0.3) is 0 Å². The molecule has 9 nitrogen and oxygen atoms in total. The number of ether oxygens (including phenoxy) is 1. The van der Waals surface area contributed by atoms with Crippen LogP contribution in [-0.2, 0) is 27.9 Å². The highest BCUT2D eigenvalue weighted by molar-refractivity contribution is 7.89. The summed E-state index contributed by atoms with van der Waals surface area (Å²) in [5.41, 5.74) is 3.89. The lowest BCUT2D eigenvalue weighted by molar-refractivity contribution is 0.0456. The number of nitrogens with zero attached hydrogens (tertiary/aromatic N) is 5. The number of aryl methyl sites for hydroxylation is 2. The monoisotopic (exact) mass is 495 g/mol. The zero-order valence-electron chi connectivity index (χ0n) is 20.5. The first-order valence-electron chi connectivity index (χ1n) is 11.4. The van der Waals surface area contributed by atoms with E-state index in [4.69, 9.17) is 4.74 Å². The zero-order valence-corrected chi connectivity index (χ0v) is 21.3. The largest absolute Gasteiger partial charge is 0.454 e. The van der Waals surface area contributed by atoms with E-state index in [2.05, 4.69) is 10.1 Å². The number of carbonyl (C=O) groups excluding carboxylic acids is 1. The highest BCUT2D eigenvalue weighted by Crippen LogP contribution is 2.24. The lowest BCUT2D eigenvalue weighted by atomic mass is 10.2. The van der Waals surface area contributed by atoms with E-state index >= 15 is 0 Å². The minimum absolute atomic E-state index is 0.0430. The molecule has 0 saturated carbocycles. The third-order valence-electron chi connectivity index (χ3n) is 5.85. The summed E-state index contributed by atoms with van der Waals surface area (Å²) in [7, 11) is -0.607. The standard InChI is InChI=1S/C25H29N5O4S/c1-6-14-29-22-13-12-20(35(32,33)28(4)5)15-21(22)26-23(29)16-34-25(31)24-17(2)27-30(18(24)3)19-10-8-7-9-11-19/h7-13,15H,6,14,16H2,1-5H3. The number of hydrogen-bond donors (Lipinski definition) is 0. The first kappa shape index (κ1) is 24.6. The van der Waals surface area contributed by atoms with Gasteiger partial charge >= 0.3 is 5.97 Å². The Kier molecular flexibility index (Phi) is 6.77. The normalized spacial score (nSPS) is 11.9. The summed E-state index contributed by atoms with van der Waals surface area (Å²) in [6.07, 6.45) is 0.840. The maximum absolute atomic E-state index is 13.1. The van der Waals surface area contributed by atoms with Crippen molar-refractivity contribution in [2.24, 2.45) is 0 Å². The average molecular weight is 496 g/mol. The predicted octanol–water partition coefficient (Wildman–Crippen LogP) is 3.86. The number of rotatable bonds is 8. The Hall–Kier alpha value is -3.50. The SMILES string of the molecule is CCCn1c(COC(=O)c2c(C)nn(-c3ccccc3)c2C)nc2cc(S(=O)(=O)N(C)C)ccc21. The Morgan fingerprint density at radius 1 is 1.09 bits per heavy atom. The van der Waals surface area contributed by atoms with Crippen LogP contribution in [0.15, 0.2) is 53.4 Å². The summed E-state index contributed by atoms with van der Waals surface area (Å²) in [6.45, 7) is 6.27. The number of carbonyl (C=O) groups is 1. The topological polar surface area (TPSA) is 99.3 Å². The highest BCUT2D eigenvalue weighted by atomic mass is 32.2. The summed E-state index contributed by atoms with van der Waals surface area (Å²) >= 11 is 0. The zero-order chi connectivity index (χ0) is 25.3. The van der Waals surface area contributed by atoms with E-state index < -0.39 is 16.0 Å². The van der Waals surface area contributed by atoms with Crippen LogP contribution in [0.4, 0.5) is 0 Å². The van der Waals surface area contributed by atoms with Crippen LogP contribution in [0.3, 0.4) is 0 Å². The second kappa shape index (κ2) is 9.63. The Labute approximate surface area is 205 Å². The molecule has 0 N–H and O–H groups in total. The molecule has 0 radical (unpaired) electrons. The number of imidazole rings is 1. The van der Waals surface area contributed by atoms with E-state index in [-0.39, 0.29) is 11.5 Å². The average Bonchev–Trinajstić information content (AvgIpc) is 3.33. The van der Waals surface area contributed by atoms with Gasteiger partial charge in [-0.2, -0.15) is 5.10 Å². The van der Waals surface area contributed by atoms with Gasteiger partial charge in [0.1, 0.15) is 18.0 Å². The lowest BCUT2D eigenvalue weighted by Gasteiger charge is -2.11. The number of para-hydroxylation sites is 1. The van der Waals surface area contributed by atoms with Gasteiger partial charge in [-0.1, -0.05) is 25.1 Å². The van der Waals surface area contributed by atoms with Crippen LogP contribution in [0.5, 0.6) is 0 Å². The van der Waals surface area contributed by atoms with Crippen molar-refractivity contribution in [1.29, 1.82) is 0 Å². The fraction of sp³-hybridized carbons (Fsp3) is 0.320. The molecule has 2 heterocycles. The van der Waals surface area contributed by atoms with Crippen molar-refractivity contribution < 1.29 is 17.9 Å². The highest BCUT2D eigenvalue weighted by Gasteiger charge is 2.23. The molecule has 0 saturated heterocycles. The quantitative estimate of drug-likeness (QED) is 0.344. The van der Waals surface area contributed by atoms with Crippen LogP contribution in [0.2, 0.25) is 0 Å². The molecular weight excluding hydrogens is 466 g/mol. The van der Waals surface area contributed by atoms with Crippen molar-refractivity contribution >= 4 is 27.0 Å². The van der Waals surface area contributed by atoms with Crippen LogP contribution in [-0.4, -0.2) is 52.1 Å². The van der Waals surface area contributed by atoms with Gasteiger partial charge in [-0.25, -0.2) is 27.2 Å². The minimum atomic E-state index is -3.59. The lowest BCUT2D eigenvalue weighted by Crippen LogP contribution is -2.22. The van der Waals surface area contributed by atoms with Crippen molar-refractivity contribution in [2.45, 2.75) is 45.2 Å². The number of fused-ring (bicyclic) bond motifs is 1. The number of hydrogen-bond acceptors (Lipinski definition) is 6. The third kappa shape index (κ3) is 4.59. The predicted molar refractivity (Wildman–Crippen MR) is 133 cm³/mol. The first-order chi connectivity index (χ1) is 16.6. The minimum Gasteiger partial charge on any atom is -0.454 e. The molecule has 0 bridgehead atoms. The van der Waals surface area contributed by atoms with Gasteiger partial charge < -0.3 is 9.30 Å². The number of benzene rings is 2. The van der Waals surface area contributed by atoms with E-state index in [0.29, 0.717) is 34.8 Å². The smallest absolute Gasteiger partial charge is 0.342 e. The molecule has 0 aliphatic rings. The fourth-order valence-corrected chi connectivity index (χ4v) is 5.00. The maximum Gasteiger partial charge on any atom is 0.342 e. The summed E-state index contributed by atoms with van der Waals surface area (Å²) in [5, 5.41) is 4.52. The van der Waals surface area contributed by atoms with Crippen LogP contribution in [0, 0.1) is 13.8 Å². The van der Waals surface area contributed by atoms with Crippen molar-refractivity contribution in [3.63, 3.8) is 0 Å². The van der Waals surface area contributed by atoms with Crippen molar-refractivity contribution in [3.05, 3.63) is 71.3 Å². The second-order valence-electron chi connectivity index (χ2n) is 8.49. The molecule has 0 aliphatic heterocycles. The molecule has 0 aliphatic carbocycles. The van der Waals surface area contributed by atoms with Gasteiger partial charge in [0.15, 0.2) is 0 Å². The Balaban J connectivity index is 1.63. The summed E-state index contributed by atoms with van der Waals surface area (Å²) in [4.78, 5) is 17.8. The van der Waals surface area contributed by atoms with Crippen LogP contribution in [0.1, 0.15) is 40.9 Å². The molecule has 2 aromatic heterocycles. The van der Waals surface area contributed by atoms with E-state index in [1.54, 1.807) is 29.8 Å². The van der Waals surface area contributed by atoms with Crippen LogP contribution >= 0.6 is 0 Å². The van der Waals surface area contributed by atoms with Gasteiger partial charge in [-0.15, -0.1) is 0 Å². The van der Waals surface area contributed by atoms with E-state index in [1.165, 1.54) is 18.4 Å². The summed E-state index contributed by atoms with van der Waals surface area (Å²) in [5.74, 6) is 0.0773. The molecule has 0 unspecified atom stereocenters. The molecule has 4 aromatic rings. The molecule has 0 atom stereocenters. The molecule has 10 heteroatoms. The summed E-state index contributed by atoms with van der Waals surface area (Å²) in [6, 6.07) is 14.5. The van der Waals surface area contributed by atoms with E-state index in [1.807, 2.05) is 48.7 Å². The Bertz CT molecular complexity index is 1490.